The zero-order chi connectivity index (χ0) is 11.1. The molecule has 1 aromatic heterocycles. The van der Waals surface area contributed by atoms with E-state index in [2.05, 4.69) is 10.3 Å². The van der Waals surface area contributed by atoms with E-state index in [1.165, 1.54) is 0 Å². The molecule has 0 aliphatic rings. The number of aromatic nitrogens is 1. The van der Waals surface area contributed by atoms with Crippen molar-refractivity contribution in [3.63, 3.8) is 0 Å². The summed E-state index contributed by atoms with van der Waals surface area (Å²) in [5, 5.41) is 3.09. The van der Waals surface area contributed by atoms with E-state index in [0.717, 1.165) is 11.4 Å². The number of pyridine rings is 1. The molecule has 82 valence electrons. The van der Waals surface area contributed by atoms with Crippen LogP contribution in [-0.4, -0.2) is 24.1 Å². The van der Waals surface area contributed by atoms with E-state index in [4.69, 9.17) is 4.74 Å². The number of aryl methyl sites for hydroxylation is 1. The standard InChI is InChI=1S/C11H16N2O2/c1-3-15-10(14)6-8-13-11-9(2)5-4-7-12-11/h4-5,7H,3,6,8H2,1-2H3,(H,12,13). The first-order chi connectivity index (χ1) is 7.24. The lowest BCUT2D eigenvalue weighted by molar-refractivity contribution is -0.142. The topological polar surface area (TPSA) is 51.2 Å². The Kier molecular flexibility index (Phi) is 4.60. The van der Waals surface area contributed by atoms with Crippen molar-refractivity contribution in [2.24, 2.45) is 0 Å². The van der Waals surface area contributed by atoms with Gasteiger partial charge in [-0.15, -0.1) is 0 Å². The quantitative estimate of drug-likeness (QED) is 0.749. The van der Waals surface area contributed by atoms with Crippen LogP contribution in [0.25, 0.3) is 0 Å². The van der Waals surface area contributed by atoms with Gasteiger partial charge in [0.15, 0.2) is 0 Å². The van der Waals surface area contributed by atoms with Crippen molar-refractivity contribution in [1.82, 2.24) is 4.98 Å². The molecule has 0 atom stereocenters. The highest BCUT2D eigenvalue weighted by atomic mass is 16.5. The first-order valence-corrected chi connectivity index (χ1v) is 5.05. The summed E-state index contributed by atoms with van der Waals surface area (Å²) in [5.41, 5.74) is 1.07. The monoisotopic (exact) mass is 208 g/mol. The fourth-order valence-electron chi connectivity index (χ4n) is 1.19. The Balaban J connectivity index is 2.32. The average Bonchev–Trinajstić information content (AvgIpc) is 2.21. The molecule has 4 nitrogen and oxygen atoms in total. The molecule has 0 unspecified atom stereocenters. The molecule has 15 heavy (non-hydrogen) atoms. The number of anilines is 1. The summed E-state index contributed by atoms with van der Waals surface area (Å²) in [6.07, 6.45) is 2.09. The average molecular weight is 208 g/mol. The van der Waals surface area contributed by atoms with Crippen molar-refractivity contribution < 1.29 is 9.53 Å². The minimum Gasteiger partial charge on any atom is -0.466 e. The third-order valence-electron chi connectivity index (χ3n) is 1.94. The summed E-state index contributed by atoms with van der Waals surface area (Å²) in [7, 11) is 0. The second-order valence-electron chi connectivity index (χ2n) is 3.15. The van der Waals surface area contributed by atoms with Gasteiger partial charge >= 0.3 is 5.97 Å². The summed E-state index contributed by atoms with van der Waals surface area (Å²) in [6.45, 7) is 4.76. The molecular formula is C11H16N2O2. The summed E-state index contributed by atoms with van der Waals surface area (Å²) in [5.74, 6) is 0.639. The van der Waals surface area contributed by atoms with Crippen LogP contribution in [0.1, 0.15) is 18.9 Å². The Bertz CT molecular complexity index is 326. The molecule has 1 rings (SSSR count). The van der Waals surface area contributed by atoms with Gasteiger partial charge in [-0.2, -0.15) is 0 Å². The number of ether oxygens (including phenoxy) is 1. The van der Waals surface area contributed by atoms with E-state index in [9.17, 15) is 4.79 Å². The predicted octanol–water partition coefficient (Wildman–Crippen LogP) is 1.76. The number of rotatable bonds is 5. The maximum Gasteiger partial charge on any atom is 0.307 e. The molecule has 0 aliphatic carbocycles. The van der Waals surface area contributed by atoms with Gasteiger partial charge in [-0.1, -0.05) is 6.07 Å². The molecule has 1 aromatic rings. The highest BCUT2D eigenvalue weighted by Crippen LogP contribution is 2.08. The van der Waals surface area contributed by atoms with Gasteiger partial charge in [-0.3, -0.25) is 4.79 Å². The Labute approximate surface area is 89.7 Å². The van der Waals surface area contributed by atoms with E-state index in [-0.39, 0.29) is 5.97 Å². The zero-order valence-corrected chi connectivity index (χ0v) is 9.12. The lowest BCUT2D eigenvalue weighted by Gasteiger charge is -2.07. The Hall–Kier alpha value is -1.58. The van der Waals surface area contributed by atoms with E-state index < -0.39 is 0 Å². The number of nitrogens with one attached hydrogen (secondary N) is 1. The van der Waals surface area contributed by atoms with Gasteiger partial charge in [-0.25, -0.2) is 4.98 Å². The molecule has 0 saturated heterocycles. The van der Waals surface area contributed by atoms with Crippen LogP contribution >= 0.6 is 0 Å². The van der Waals surface area contributed by atoms with Crippen LogP contribution in [0.3, 0.4) is 0 Å². The summed E-state index contributed by atoms with van der Waals surface area (Å²) in [6, 6.07) is 3.85. The van der Waals surface area contributed by atoms with Gasteiger partial charge in [0, 0.05) is 12.7 Å². The van der Waals surface area contributed by atoms with Crippen LogP contribution in [-0.2, 0) is 9.53 Å². The number of carbonyl (C=O) groups is 1. The van der Waals surface area contributed by atoms with Crippen molar-refractivity contribution in [3.05, 3.63) is 23.9 Å². The van der Waals surface area contributed by atoms with Crippen molar-refractivity contribution in [2.45, 2.75) is 20.3 Å². The molecule has 1 heterocycles. The maximum atomic E-state index is 11.0. The van der Waals surface area contributed by atoms with Crippen LogP contribution in [0.4, 0.5) is 5.82 Å². The van der Waals surface area contributed by atoms with Crippen LogP contribution in [0, 0.1) is 6.92 Å². The summed E-state index contributed by atoms with van der Waals surface area (Å²) in [4.78, 5) is 15.2. The molecule has 0 saturated carbocycles. The Morgan fingerprint density at radius 2 is 2.40 bits per heavy atom. The first-order valence-electron chi connectivity index (χ1n) is 5.05. The van der Waals surface area contributed by atoms with Crippen molar-refractivity contribution in [3.8, 4) is 0 Å². The van der Waals surface area contributed by atoms with Crippen LogP contribution < -0.4 is 5.32 Å². The number of carbonyl (C=O) groups excluding carboxylic acids is 1. The minimum atomic E-state index is -0.182. The molecule has 0 aliphatic heterocycles. The van der Waals surface area contributed by atoms with E-state index in [1.807, 2.05) is 19.1 Å². The number of hydrogen-bond acceptors (Lipinski definition) is 4. The molecule has 4 heteroatoms. The summed E-state index contributed by atoms with van der Waals surface area (Å²) < 4.78 is 4.81. The minimum absolute atomic E-state index is 0.182. The summed E-state index contributed by atoms with van der Waals surface area (Å²) >= 11 is 0. The molecular weight excluding hydrogens is 192 g/mol. The second kappa shape index (κ2) is 6.01. The van der Waals surface area contributed by atoms with Crippen LogP contribution in [0.5, 0.6) is 0 Å². The lowest BCUT2D eigenvalue weighted by Crippen LogP contribution is -2.12. The first kappa shape index (κ1) is 11.5. The molecule has 0 amide bonds. The van der Waals surface area contributed by atoms with Crippen molar-refractivity contribution in [2.75, 3.05) is 18.5 Å². The molecule has 0 aromatic carbocycles. The highest BCUT2D eigenvalue weighted by molar-refractivity contribution is 5.70. The maximum absolute atomic E-state index is 11.0. The third-order valence-corrected chi connectivity index (χ3v) is 1.94. The van der Waals surface area contributed by atoms with Crippen molar-refractivity contribution in [1.29, 1.82) is 0 Å². The van der Waals surface area contributed by atoms with Crippen LogP contribution in [0.15, 0.2) is 18.3 Å². The van der Waals surface area contributed by atoms with Gasteiger partial charge in [0.05, 0.1) is 13.0 Å². The zero-order valence-electron chi connectivity index (χ0n) is 9.12. The van der Waals surface area contributed by atoms with E-state index in [1.54, 1.807) is 13.1 Å². The van der Waals surface area contributed by atoms with E-state index in [0.29, 0.717) is 19.6 Å². The van der Waals surface area contributed by atoms with Gasteiger partial charge in [0.1, 0.15) is 5.82 Å². The highest BCUT2D eigenvalue weighted by Gasteiger charge is 2.02. The van der Waals surface area contributed by atoms with Gasteiger partial charge in [0.2, 0.25) is 0 Å². The van der Waals surface area contributed by atoms with Gasteiger partial charge in [0.25, 0.3) is 0 Å². The second-order valence-corrected chi connectivity index (χ2v) is 3.15. The Morgan fingerprint density at radius 3 is 3.07 bits per heavy atom. The van der Waals surface area contributed by atoms with Crippen LogP contribution in [0.2, 0.25) is 0 Å². The predicted molar refractivity (Wildman–Crippen MR) is 58.7 cm³/mol. The normalized spacial score (nSPS) is 9.73. The molecule has 0 spiro atoms. The van der Waals surface area contributed by atoms with E-state index >= 15 is 0 Å². The Morgan fingerprint density at radius 1 is 1.60 bits per heavy atom. The molecule has 0 radical (unpaired) electrons. The molecule has 0 fully saturated rings. The van der Waals surface area contributed by atoms with Crippen molar-refractivity contribution >= 4 is 11.8 Å². The molecule has 1 N–H and O–H groups in total. The number of hydrogen-bond donors (Lipinski definition) is 1. The number of nitrogens with zero attached hydrogens (tertiary/aromatic N) is 1. The smallest absolute Gasteiger partial charge is 0.307 e. The fourth-order valence-corrected chi connectivity index (χ4v) is 1.19. The lowest BCUT2D eigenvalue weighted by atomic mass is 10.3. The largest absolute Gasteiger partial charge is 0.466 e. The fraction of sp³-hybridized carbons (Fsp3) is 0.455. The number of esters is 1. The SMILES string of the molecule is CCOC(=O)CCNc1ncccc1C. The molecule has 0 bridgehead atoms. The third kappa shape index (κ3) is 3.97. The van der Waals surface area contributed by atoms with Gasteiger partial charge < -0.3 is 10.1 Å². The van der Waals surface area contributed by atoms with Gasteiger partial charge in [-0.05, 0) is 25.5 Å².